The normalized spacial score (nSPS) is 16.5. The smallest absolute Gasteiger partial charge is 0.342 e. The third-order valence-corrected chi connectivity index (χ3v) is 8.94. The van der Waals surface area contributed by atoms with Crippen LogP contribution in [0.3, 0.4) is 0 Å². The average Bonchev–Trinajstić information content (AvgIpc) is 2.92. The van der Waals surface area contributed by atoms with Crippen LogP contribution in [0.5, 0.6) is 0 Å². The Kier molecular flexibility index (Phi) is 8.29. The fraction of sp³-hybridized carbons (Fsp3) is 0.333. The third-order valence-electron chi connectivity index (χ3n) is 6.38. The molecule has 1 atom stereocenters. The molecule has 0 spiro atoms. The number of ether oxygens (including phenoxy) is 1. The SMILES string of the molecule is COC(=O)c1c(C(=O)N2CCN(S(=O)(=O)c3ccc(Br)cc3)C(C)C2)nc(-c2ccccc2)nc1C(C)C. The first kappa shape index (κ1) is 27.9. The lowest BCUT2D eigenvalue weighted by atomic mass is 10.0. The summed E-state index contributed by atoms with van der Waals surface area (Å²) in [4.78, 5) is 37.6. The van der Waals surface area contributed by atoms with Crippen LogP contribution < -0.4 is 0 Å². The molecule has 0 bridgehead atoms. The fourth-order valence-corrected chi connectivity index (χ4v) is 6.32. The standard InChI is InChI=1S/C27H29BrN4O5S/c1-17(2)23-22(27(34)37-4)24(30-25(29-23)19-8-6-5-7-9-19)26(33)31-14-15-32(18(3)16-31)38(35,36)21-12-10-20(28)11-13-21/h5-13,17-18H,14-16H2,1-4H3. The number of sulfonamides is 1. The molecule has 0 aliphatic carbocycles. The molecule has 1 unspecified atom stereocenters. The molecule has 1 aliphatic rings. The lowest BCUT2D eigenvalue weighted by molar-refractivity contribution is 0.0569. The topological polar surface area (TPSA) is 110 Å². The van der Waals surface area contributed by atoms with Crippen molar-refractivity contribution in [3.05, 3.63) is 76.0 Å². The van der Waals surface area contributed by atoms with Crippen LogP contribution in [0.15, 0.2) is 64.0 Å². The van der Waals surface area contributed by atoms with Gasteiger partial charge in [0, 0.05) is 35.7 Å². The van der Waals surface area contributed by atoms with E-state index in [4.69, 9.17) is 4.74 Å². The molecule has 1 saturated heterocycles. The summed E-state index contributed by atoms with van der Waals surface area (Å²) >= 11 is 3.33. The van der Waals surface area contributed by atoms with Crippen LogP contribution in [0.2, 0.25) is 0 Å². The van der Waals surface area contributed by atoms with Crippen LogP contribution in [0.25, 0.3) is 11.4 Å². The maximum absolute atomic E-state index is 13.9. The second kappa shape index (κ2) is 11.3. The Morgan fingerprint density at radius 2 is 1.68 bits per heavy atom. The van der Waals surface area contributed by atoms with Gasteiger partial charge in [0.25, 0.3) is 5.91 Å². The van der Waals surface area contributed by atoms with E-state index in [-0.39, 0.29) is 41.7 Å². The number of nitrogens with zero attached hydrogens (tertiary/aromatic N) is 4. The Bertz CT molecular complexity index is 1450. The molecule has 9 nitrogen and oxygen atoms in total. The van der Waals surface area contributed by atoms with Crippen LogP contribution in [-0.2, 0) is 14.8 Å². The molecule has 0 saturated carbocycles. The number of halogens is 1. The van der Waals surface area contributed by atoms with Gasteiger partial charge in [-0.25, -0.2) is 23.2 Å². The quantitative estimate of drug-likeness (QED) is 0.387. The molecule has 1 fully saturated rings. The number of carbonyl (C=O) groups excluding carboxylic acids is 2. The van der Waals surface area contributed by atoms with Crippen molar-refractivity contribution in [1.29, 1.82) is 0 Å². The van der Waals surface area contributed by atoms with E-state index < -0.39 is 27.9 Å². The summed E-state index contributed by atoms with van der Waals surface area (Å²) in [6.45, 7) is 5.90. The minimum Gasteiger partial charge on any atom is -0.465 e. The number of rotatable bonds is 6. The molecule has 1 aliphatic heterocycles. The van der Waals surface area contributed by atoms with Crippen molar-refractivity contribution in [2.75, 3.05) is 26.7 Å². The van der Waals surface area contributed by atoms with Gasteiger partial charge in [-0.3, -0.25) is 4.79 Å². The largest absolute Gasteiger partial charge is 0.465 e. The van der Waals surface area contributed by atoms with E-state index in [2.05, 4.69) is 25.9 Å². The second-order valence-corrected chi connectivity index (χ2v) is 12.1. The molecule has 1 aromatic heterocycles. The Balaban J connectivity index is 1.70. The number of carbonyl (C=O) groups is 2. The molecular formula is C27H29BrN4O5S. The van der Waals surface area contributed by atoms with Gasteiger partial charge in [0.15, 0.2) is 5.82 Å². The highest BCUT2D eigenvalue weighted by atomic mass is 79.9. The molecule has 2 aromatic carbocycles. The van der Waals surface area contributed by atoms with Gasteiger partial charge in [-0.05, 0) is 37.1 Å². The Hall–Kier alpha value is -3.15. The Morgan fingerprint density at radius 1 is 1.03 bits per heavy atom. The Labute approximate surface area is 231 Å². The highest BCUT2D eigenvalue weighted by molar-refractivity contribution is 9.10. The van der Waals surface area contributed by atoms with Crippen molar-refractivity contribution in [3.63, 3.8) is 0 Å². The van der Waals surface area contributed by atoms with E-state index in [1.165, 1.54) is 16.3 Å². The zero-order valence-corrected chi connectivity index (χ0v) is 24.0. The number of methoxy groups -OCH3 is 1. The van der Waals surface area contributed by atoms with Crippen LogP contribution >= 0.6 is 15.9 Å². The van der Waals surface area contributed by atoms with Crippen LogP contribution in [-0.4, -0.2) is 72.3 Å². The van der Waals surface area contributed by atoms with Gasteiger partial charge in [0.1, 0.15) is 11.3 Å². The average molecular weight is 602 g/mol. The van der Waals surface area contributed by atoms with E-state index in [1.54, 1.807) is 31.2 Å². The van der Waals surface area contributed by atoms with E-state index in [9.17, 15) is 18.0 Å². The molecule has 38 heavy (non-hydrogen) atoms. The van der Waals surface area contributed by atoms with E-state index in [0.717, 1.165) is 4.47 Å². The van der Waals surface area contributed by atoms with Crippen molar-refractivity contribution in [3.8, 4) is 11.4 Å². The maximum atomic E-state index is 13.9. The number of amides is 1. The number of benzene rings is 2. The van der Waals surface area contributed by atoms with E-state index in [0.29, 0.717) is 17.1 Å². The van der Waals surface area contributed by atoms with Crippen molar-refractivity contribution in [1.82, 2.24) is 19.2 Å². The molecule has 3 aromatic rings. The molecule has 4 rings (SSSR count). The molecule has 0 radical (unpaired) electrons. The van der Waals surface area contributed by atoms with Gasteiger partial charge in [-0.15, -0.1) is 0 Å². The van der Waals surface area contributed by atoms with Crippen molar-refractivity contribution < 1.29 is 22.7 Å². The first-order valence-corrected chi connectivity index (χ1v) is 14.4. The molecule has 200 valence electrons. The van der Waals surface area contributed by atoms with Crippen molar-refractivity contribution >= 4 is 37.8 Å². The predicted octanol–water partition coefficient (Wildman–Crippen LogP) is 4.35. The molecular weight excluding hydrogens is 572 g/mol. The summed E-state index contributed by atoms with van der Waals surface area (Å²) in [5, 5.41) is 0. The van der Waals surface area contributed by atoms with Crippen LogP contribution in [0, 0.1) is 0 Å². The van der Waals surface area contributed by atoms with Crippen LogP contribution in [0.4, 0.5) is 0 Å². The second-order valence-electron chi connectivity index (χ2n) is 9.34. The number of hydrogen-bond acceptors (Lipinski definition) is 7. The molecule has 0 N–H and O–H groups in total. The number of piperazine rings is 1. The zero-order chi connectivity index (χ0) is 27.6. The van der Waals surface area contributed by atoms with E-state index in [1.807, 2.05) is 44.2 Å². The lowest BCUT2D eigenvalue weighted by Crippen LogP contribution is -2.55. The van der Waals surface area contributed by atoms with Gasteiger partial charge >= 0.3 is 5.97 Å². The minimum absolute atomic E-state index is 0.0322. The zero-order valence-electron chi connectivity index (χ0n) is 21.6. The summed E-state index contributed by atoms with van der Waals surface area (Å²) in [7, 11) is -2.50. The highest BCUT2D eigenvalue weighted by Crippen LogP contribution is 2.28. The molecule has 11 heteroatoms. The van der Waals surface area contributed by atoms with Crippen LogP contribution in [0.1, 0.15) is 53.2 Å². The number of aromatic nitrogens is 2. The van der Waals surface area contributed by atoms with Gasteiger partial charge < -0.3 is 9.64 Å². The summed E-state index contributed by atoms with van der Waals surface area (Å²) < 4.78 is 33.8. The van der Waals surface area contributed by atoms with Crippen molar-refractivity contribution in [2.24, 2.45) is 0 Å². The van der Waals surface area contributed by atoms with Gasteiger partial charge in [0.2, 0.25) is 10.0 Å². The van der Waals surface area contributed by atoms with E-state index >= 15 is 0 Å². The highest BCUT2D eigenvalue weighted by Gasteiger charge is 2.37. The molecule has 1 amide bonds. The summed E-state index contributed by atoms with van der Waals surface area (Å²) in [6, 6.07) is 15.2. The van der Waals surface area contributed by atoms with Gasteiger partial charge in [-0.2, -0.15) is 4.31 Å². The van der Waals surface area contributed by atoms with Gasteiger partial charge in [-0.1, -0.05) is 60.1 Å². The van der Waals surface area contributed by atoms with Gasteiger partial charge in [0.05, 0.1) is 17.7 Å². The first-order chi connectivity index (χ1) is 18.0. The third kappa shape index (κ3) is 5.50. The summed E-state index contributed by atoms with van der Waals surface area (Å²) in [5.41, 5.74) is 1.10. The maximum Gasteiger partial charge on any atom is 0.342 e. The summed E-state index contributed by atoms with van der Waals surface area (Å²) in [6.07, 6.45) is 0. The predicted molar refractivity (Wildman–Crippen MR) is 146 cm³/mol. The summed E-state index contributed by atoms with van der Waals surface area (Å²) in [5.74, 6) is -1.02. The number of esters is 1. The fourth-order valence-electron chi connectivity index (χ4n) is 4.44. The molecule has 2 heterocycles. The van der Waals surface area contributed by atoms with Crippen molar-refractivity contribution in [2.45, 2.75) is 37.6 Å². The lowest BCUT2D eigenvalue weighted by Gasteiger charge is -2.39. The number of hydrogen-bond donors (Lipinski definition) is 0. The minimum atomic E-state index is -3.75. The first-order valence-electron chi connectivity index (χ1n) is 12.2. The monoisotopic (exact) mass is 600 g/mol. The Morgan fingerprint density at radius 3 is 2.26 bits per heavy atom.